The van der Waals surface area contributed by atoms with Gasteiger partial charge in [0.05, 0.1) is 22.7 Å². The van der Waals surface area contributed by atoms with Crippen molar-refractivity contribution in [3.8, 4) is 11.1 Å². The molecule has 0 radical (unpaired) electrons. The first-order valence-corrected chi connectivity index (χ1v) is 22.2. The molecule has 7 aromatic rings. The van der Waals surface area contributed by atoms with Crippen molar-refractivity contribution in [2.75, 3.05) is 0 Å². The van der Waals surface area contributed by atoms with Gasteiger partial charge in [-0.15, -0.1) is 0 Å². The third-order valence-electron chi connectivity index (χ3n) is 16.6. The normalized spacial score (nSPS) is 29.6. The first kappa shape index (κ1) is 32.2. The van der Waals surface area contributed by atoms with Crippen molar-refractivity contribution in [2.24, 2.45) is 23.7 Å². The van der Waals surface area contributed by atoms with Crippen LogP contribution in [0.1, 0.15) is 163 Å². The zero-order valence-corrected chi connectivity index (χ0v) is 33.9. The number of benzene rings is 4. The summed E-state index contributed by atoms with van der Waals surface area (Å²) in [6.45, 7) is 14.6. The van der Waals surface area contributed by atoms with E-state index in [9.17, 15) is 0 Å². The van der Waals surface area contributed by atoms with Gasteiger partial charge in [-0.05, 0) is 184 Å². The van der Waals surface area contributed by atoms with Crippen LogP contribution in [0.25, 0.3) is 60.0 Å². The number of rotatable bonds is 1. The van der Waals surface area contributed by atoms with E-state index in [1.165, 1.54) is 125 Å². The smallest absolute Gasteiger partial charge is 0.0728 e. The molecular weight excluding hydrogens is 665 g/mol. The van der Waals surface area contributed by atoms with Crippen molar-refractivity contribution in [1.82, 2.24) is 9.38 Å². The van der Waals surface area contributed by atoms with Crippen LogP contribution >= 0.6 is 0 Å². The van der Waals surface area contributed by atoms with Crippen LogP contribution in [0.4, 0.5) is 0 Å². The molecule has 4 unspecified atom stereocenters. The predicted octanol–water partition coefficient (Wildman–Crippen LogP) is 14.4. The fraction of sp³-hybridized carbons (Fsp3) is 0.491. The Balaban J connectivity index is 1.28. The molecule has 0 amide bonds. The minimum Gasteiger partial charge on any atom is -0.306 e. The summed E-state index contributed by atoms with van der Waals surface area (Å²) in [5.41, 5.74) is 16.9. The zero-order valence-electron chi connectivity index (χ0n) is 33.9. The third-order valence-corrected chi connectivity index (χ3v) is 16.6. The topological polar surface area (TPSA) is 17.3 Å². The molecule has 0 saturated heterocycles. The molecule has 0 aliphatic heterocycles. The summed E-state index contributed by atoms with van der Waals surface area (Å²) in [5, 5.41) is 9.20. The van der Waals surface area contributed by atoms with E-state index in [0.717, 1.165) is 23.7 Å². The van der Waals surface area contributed by atoms with E-state index >= 15 is 0 Å². The SMILES string of the molecule is CC(C)(C)c1cc(C(C)(C)C)c2cc3c4c5c(c(-c6ccccc6)cc4n4c6cnc7c(c6c(c2c1)c34)C1CC2CC(CC7C2)C1)C1CC2CC(C1)CC5C2. The highest BCUT2D eigenvalue weighted by atomic mass is 14.9. The second-order valence-electron chi connectivity index (χ2n) is 22.0. The summed E-state index contributed by atoms with van der Waals surface area (Å²) in [6, 6.07) is 22.2. The zero-order chi connectivity index (χ0) is 36.9. The minimum absolute atomic E-state index is 0.0158. The Hall–Kier alpha value is -3.91. The van der Waals surface area contributed by atoms with E-state index in [1.807, 2.05) is 0 Å². The number of pyridine rings is 1. The van der Waals surface area contributed by atoms with Crippen LogP contribution in [-0.4, -0.2) is 9.38 Å². The maximum absolute atomic E-state index is 5.63. The van der Waals surface area contributed by atoms with Gasteiger partial charge in [0.2, 0.25) is 0 Å². The first-order valence-electron chi connectivity index (χ1n) is 22.2. The molecule has 4 fully saturated rings. The van der Waals surface area contributed by atoms with Crippen molar-refractivity contribution in [3.05, 3.63) is 94.3 Å². The van der Waals surface area contributed by atoms with Crippen LogP contribution in [0.5, 0.6) is 0 Å². The fourth-order valence-corrected chi connectivity index (χ4v) is 14.8. The van der Waals surface area contributed by atoms with Gasteiger partial charge in [0.25, 0.3) is 0 Å². The Kier molecular flexibility index (Phi) is 6.16. The lowest BCUT2D eigenvalue weighted by molar-refractivity contribution is 0.165. The quantitative estimate of drug-likeness (QED) is 0.165. The van der Waals surface area contributed by atoms with Gasteiger partial charge >= 0.3 is 0 Å². The molecule has 0 N–H and O–H groups in total. The van der Waals surface area contributed by atoms with Crippen LogP contribution in [0.3, 0.4) is 0 Å². The summed E-state index contributed by atoms with van der Waals surface area (Å²) in [5.74, 6) is 6.06. The maximum Gasteiger partial charge on any atom is 0.0728 e. The van der Waals surface area contributed by atoms with Crippen LogP contribution in [0, 0.1) is 23.7 Å². The van der Waals surface area contributed by atoms with Gasteiger partial charge < -0.3 is 4.40 Å². The third kappa shape index (κ3) is 4.25. The summed E-state index contributed by atoms with van der Waals surface area (Å²) in [6.07, 6.45) is 16.2. The highest BCUT2D eigenvalue weighted by molar-refractivity contribution is 6.33. The van der Waals surface area contributed by atoms with Gasteiger partial charge in [-0.2, -0.15) is 0 Å². The van der Waals surface area contributed by atoms with Crippen molar-refractivity contribution in [1.29, 1.82) is 0 Å². The summed E-state index contributed by atoms with van der Waals surface area (Å²) >= 11 is 0. The molecule has 4 saturated carbocycles. The fourth-order valence-electron chi connectivity index (χ4n) is 14.8. The van der Waals surface area contributed by atoms with Crippen molar-refractivity contribution in [3.63, 3.8) is 0 Å². The Bertz CT molecular complexity index is 2760. The van der Waals surface area contributed by atoms with E-state index in [1.54, 1.807) is 32.8 Å². The molecule has 278 valence electrons. The highest BCUT2D eigenvalue weighted by Crippen LogP contribution is 2.62. The van der Waals surface area contributed by atoms with Crippen molar-refractivity contribution >= 4 is 48.9 Å². The monoisotopic (exact) mass is 720 g/mol. The molecule has 0 spiro atoms. The van der Waals surface area contributed by atoms with E-state index in [2.05, 4.69) is 107 Å². The van der Waals surface area contributed by atoms with E-state index < -0.39 is 0 Å². The second-order valence-corrected chi connectivity index (χ2v) is 22.0. The Morgan fingerprint density at radius 3 is 1.78 bits per heavy atom. The van der Waals surface area contributed by atoms with Crippen LogP contribution in [-0.2, 0) is 10.8 Å². The van der Waals surface area contributed by atoms with Crippen LogP contribution in [0.15, 0.2) is 60.8 Å². The minimum atomic E-state index is 0.0158. The standard InChI is InChI=1S/C53H56N2/c1-52(2,3)36-22-39-38(41(23-36)53(4,5)6)24-40-47-42(25-37(31-10-8-7-9-11-31)44-32-14-27-12-28(15-32)17-33(16-27)45(44)47)55-43-26-54-50-35-20-29-13-30(21-35)19-34(18-29)46(50)49(43)48(39)51(40)55/h7-11,22-30,32-35H,12-21H2,1-6H3. The molecule has 8 aliphatic carbocycles. The van der Waals surface area contributed by atoms with Gasteiger partial charge in [-0.1, -0.05) is 77.9 Å². The molecule has 8 bridgehead atoms. The predicted molar refractivity (Wildman–Crippen MR) is 230 cm³/mol. The van der Waals surface area contributed by atoms with Crippen LogP contribution < -0.4 is 0 Å². The second kappa shape index (κ2) is 10.5. The van der Waals surface area contributed by atoms with Crippen LogP contribution in [0.2, 0.25) is 0 Å². The van der Waals surface area contributed by atoms with E-state index in [-0.39, 0.29) is 10.8 Å². The van der Waals surface area contributed by atoms with Gasteiger partial charge in [-0.25, -0.2) is 0 Å². The molecule has 4 atom stereocenters. The summed E-state index contributed by atoms with van der Waals surface area (Å²) in [7, 11) is 0. The lowest BCUT2D eigenvalue weighted by Gasteiger charge is -2.38. The molecule has 4 aromatic carbocycles. The molecular formula is C53H56N2. The Labute approximate surface area is 326 Å². The van der Waals surface area contributed by atoms with Gasteiger partial charge in [0.15, 0.2) is 0 Å². The average molecular weight is 721 g/mol. The Morgan fingerprint density at radius 2 is 1.15 bits per heavy atom. The van der Waals surface area contributed by atoms with Gasteiger partial charge in [0.1, 0.15) is 0 Å². The highest BCUT2D eigenvalue weighted by Gasteiger charge is 2.47. The van der Waals surface area contributed by atoms with Gasteiger partial charge in [-0.3, -0.25) is 4.98 Å². The number of hydrogen-bond donors (Lipinski definition) is 0. The van der Waals surface area contributed by atoms with E-state index in [0.29, 0.717) is 23.7 Å². The average Bonchev–Trinajstić information content (AvgIpc) is 3.52. The maximum atomic E-state index is 5.63. The van der Waals surface area contributed by atoms with Gasteiger partial charge in [0, 0.05) is 33.2 Å². The molecule has 55 heavy (non-hydrogen) atoms. The Morgan fingerprint density at radius 1 is 0.527 bits per heavy atom. The molecule has 15 rings (SSSR count). The first-order chi connectivity index (χ1) is 26.5. The number of aromatic nitrogens is 2. The lowest BCUT2D eigenvalue weighted by atomic mass is 9.67. The molecule has 2 nitrogen and oxygen atoms in total. The summed E-state index contributed by atoms with van der Waals surface area (Å²) in [4.78, 5) is 5.63. The molecule has 2 heteroatoms. The molecule has 8 aliphatic rings. The number of nitrogens with zero attached hydrogens (tertiary/aromatic N) is 2. The number of hydrogen-bond acceptors (Lipinski definition) is 1. The molecule has 3 aromatic heterocycles. The summed E-state index contributed by atoms with van der Waals surface area (Å²) < 4.78 is 2.78. The largest absolute Gasteiger partial charge is 0.306 e. The lowest BCUT2D eigenvalue weighted by Crippen LogP contribution is -2.25. The molecule has 3 heterocycles. The van der Waals surface area contributed by atoms with Crippen molar-refractivity contribution < 1.29 is 0 Å². The van der Waals surface area contributed by atoms with E-state index in [4.69, 9.17) is 4.98 Å². The number of fused-ring (bicyclic) bond motifs is 8. The van der Waals surface area contributed by atoms with Crippen molar-refractivity contribution in [2.45, 2.75) is 140 Å².